The van der Waals surface area contributed by atoms with Crippen molar-refractivity contribution in [3.05, 3.63) is 53.6 Å². The minimum Gasteiger partial charge on any atom is -0.484 e. The minimum absolute atomic E-state index is 0.0162. The van der Waals surface area contributed by atoms with Crippen LogP contribution >= 0.6 is 69.0 Å². The summed E-state index contributed by atoms with van der Waals surface area (Å²) in [5, 5.41) is 15.2. The van der Waals surface area contributed by atoms with E-state index in [0.29, 0.717) is 20.0 Å². The van der Waals surface area contributed by atoms with Crippen LogP contribution in [0.25, 0.3) is 0 Å². The molecule has 2 aromatic carbocycles. The molecule has 0 radical (unpaired) electrons. The first-order valence-electron chi connectivity index (χ1n) is 7.39. The molecule has 0 unspecified atom stereocenters. The number of hydrogen-bond acceptors (Lipinski definition) is 4. The number of halogens is 3. The average Bonchev–Trinajstić information content (AvgIpc) is 2.58. The molecule has 0 saturated heterocycles. The second-order valence-corrected chi connectivity index (χ2v) is 8.54. The number of anilines is 1. The first-order valence-corrected chi connectivity index (χ1v) is 10.3. The third-order valence-electron chi connectivity index (χ3n) is 3.28. The monoisotopic (exact) mass is 630 g/mol. The lowest BCUT2D eigenvalue weighted by Crippen LogP contribution is -2.37. The van der Waals surface area contributed by atoms with Crippen LogP contribution < -0.4 is 15.4 Å². The van der Waals surface area contributed by atoms with Crippen molar-refractivity contribution in [1.29, 1.82) is 0 Å². The number of benzene rings is 2. The van der Waals surface area contributed by atoms with Crippen molar-refractivity contribution in [2.75, 3.05) is 11.9 Å². The Bertz CT molecular complexity index is 924. The van der Waals surface area contributed by atoms with Crippen LogP contribution in [0, 0.1) is 14.1 Å². The highest BCUT2D eigenvalue weighted by Crippen LogP contribution is 2.26. The minimum atomic E-state index is -1.09. The summed E-state index contributed by atoms with van der Waals surface area (Å²) in [6.07, 6.45) is 0. The molecule has 3 N–H and O–H groups in total. The van der Waals surface area contributed by atoms with Crippen LogP contribution in [-0.4, -0.2) is 28.7 Å². The summed E-state index contributed by atoms with van der Waals surface area (Å²) in [4.78, 5) is 23.5. The molecule has 0 aliphatic carbocycles. The molecular formula is C17H13ClI2N2O4S. The number of carboxylic acids is 1. The highest BCUT2D eigenvalue weighted by atomic mass is 127. The summed E-state index contributed by atoms with van der Waals surface area (Å²) in [5.74, 6) is -1.06. The van der Waals surface area contributed by atoms with Gasteiger partial charge in [0.1, 0.15) is 5.75 Å². The van der Waals surface area contributed by atoms with Gasteiger partial charge in [-0.25, -0.2) is 4.79 Å². The van der Waals surface area contributed by atoms with E-state index in [0.717, 1.165) is 9.13 Å². The third kappa shape index (κ3) is 6.43. The zero-order valence-electron chi connectivity index (χ0n) is 13.8. The summed E-state index contributed by atoms with van der Waals surface area (Å²) in [6, 6.07) is 8.38. The Morgan fingerprint density at radius 3 is 2.59 bits per heavy atom. The second kappa shape index (κ2) is 9.85. The zero-order valence-corrected chi connectivity index (χ0v) is 19.7. The third-order valence-corrected chi connectivity index (χ3v) is 5.38. The SMILES string of the molecule is Cc1cc(OCC(=O)NC(=S)Nc2c(I)cc(I)cc2C(=O)O)ccc1Cl. The van der Waals surface area contributed by atoms with Crippen LogP contribution in [0.4, 0.5) is 5.69 Å². The van der Waals surface area contributed by atoms with Crippen LogP contribution in [0.3, 0.4) is 0 Å². The van der Waals surface area contributed by atoms with E-state index < -0.39 is 11.9 Å². The molecule has 0 saturated carbocycles. The molecule has 27 heavy (non-hydrogen) atoms. The van der Waals surface area contributed by atoms with Gasteiger partial charge in [0.25, 0.3) is 5.91 Å². The van der Waals surface area contributed by atoms with Crippen molar-refractivity contribution >= 4 is 91.7 Å². The van der Waals surface area contributed by atoms with Gasteiger partial charge in [0.15, 0.2) is 11.7 Å². The van der Waals surface area contributed by atoms with Crippen molar-refractivity contribution in [1.82, 2.24) is 5.32 Å². The Morgan fingerprint density at radius 2 is 1.96 bits per heavy atom. The number of ether oxygens (including phenoxy) is 1. The number of rotatable bonds is 5. The maximum atomic E-state index is 12.0. The number of amides is 1. The fourth-order valence-corrected chi connectivity index (χ4v) is 4.35. The fourth-order valence-electron chi connectivity index (χ4n) is 2.03. The fraction of sp³-hybridized carbons (Fsp3) is 0.118. The number of carbonyl (C=O) groups is 2. The van der Waals surface area contributed by atoms with E-state index in [9.17, 15) is 14.7 Å². The number of aryl methyl sites for hydroxylation is 1. The van der Waals surface area contributed by atoms with Gasteiger partial charge in [-0.2, -0.15) is 0 Å². The highest BCUT2D eigenvalue weighted by molar-refractivity contribution is 14.1. The van der Waals surface area contributed by atoms with E-state index in [2.05, 4.69) is 10.6 Å². The number of hydrogen-bond donors (Lipinski definition) is 3. The predicted molar refractivity (Wildman–Crippen MR) is 125 cm³/mol. The summed E-state index contributed by atoms with van der Waals surface area (Å²) >= 11 is 15.1. The number of thiocarbonyl (C=S) groups is 1. The standard InChI is InChI=1S/C17H13ClI2N2O4S/c1-8-4-10(2-3-12(8)18)26-7-14(23)21-17(27)22-15-11(16(24)25)5-9(19)6-13(15)20/h2-6H,7H2,1H3,(H,24,25)(H2,21,22,23,27). The van der Waals surface area contributed by atoms with Crippen LogP contribution in [-0.2, 0) is 4.79 Å². The quantitative estimate of drug-likeness (QED) is 0.335. The van der Waals surface area contributed by atoms with Crippen LogP contribution in [0.2, 0.25) is 5.02 Å². The van der Waals surface area contributed by atoms with Crippen LogP contribution in [0.5, 0.6) is 5.75 Å². The Hall–Kier alpha value is -1.18. The molecule has 0 aliphatic rings. The van der Waals surface area contributed by atoms with Crippen molar-refractivity contribution < 1.29 is 19.4 Å². The molecule has 2 rings (SSSR count). The van der Waals surface area contributed by atoms with Gasteiger partial charge in [-0.05, 0) is 100 Å². The largest absolute Gasteiger partial charge is 0.484 e. The van der Waals surface area contributed by atoms with Crippen molar-refractivity contribution in [2.24, 2.45) is 0 Å². The zero-order chi connectivity index (χ0) is 20.1. The molecule has 1 amide bonds. The molecule has 142 valence electrons. The number of carboxylic acid groups (broad SMARTS) is 1. The molecule has 10 heteroatoms. The van der Waals surface area contributed by atoms with Crippen molar-refractivity contribution in [3.8, 4) is 5.75 Å². The Labute approximate surface area is 193 Å². The highest BCUT2D eigenvalue weighted by Gasteiger charge is 2.16. The van der Waals surface area contributed by atoms with Crippen LogP contribution in [0.15, 0.2) is 30.3 Å². The van der Waals surface area contributed by atoms with Gasteiger partial charge in [0, 0.05) is 12.2 Å². The number of aromatic carboxylic acids is 1. The maximum absolute atomic E-state index is 12.0. The molecule has 0 aromatic heterocycles. The Kier molecular flexibility index (Phi) is 8.06. The predicted octanol–water partition coefficient (Wildman–Crippen LogP) is 4.45. The van der Waals surface area contributed by atoms with Gasteiger partial charge < -0.3 is 15.2 Å². The van der Waals surface area contributed by atoms with Gasteiger partial charge in [0.2, 0.25) is 0 Å². The number of carbonyl (C=O) groups excluding carboxylic acids is 1. The lowest BCUT2D eigenvalue weighted by molar-refractivity contribution is -0.121. The van der Waals surface area contributed by atoms with Gasteiger partial charge in [-0.15, -0.1) is 0 Å². The molecule has 0 heterocycles. The first kappa shape index (κ1) is 22.1. The maximum Gasteiger partial charge on any atom is 0.337 e. The average molecular weight is 631 g/mol. The Balaban J connectivity index is 1.98. The van der Waals surface area contributed by atoms with E-state index in [4.69, 9.17) is 28.6 Å². The topological polar surface area (TPSA) is 87.7 Å². The normalized spacial score (nSPS) is 10.2. The van der Waals surface area contributed by atoms with Gasteiger partial charge in [0.05, 0.1) is 11.3 Å². The van der Waals surface area contributed by atoms with Gasteiger partial charge >= 0.3 is 5.97 Å². The Morgan fingerprint density at radius 1 is 1.26 bits per heavy atom. The smallest absolute Gasteiger partial charge is 0.337 e. The second-order valence-electron chi connectivity index (χ2n) is 5.32. The van der Waals surface area contributed by atoms with E-state index >= 15 is 0 Å². The molecule has 0 spiro atoms. The van der Waals surface area contributed by atoms with E-state index in [-0.39, 0.29) is 17.3 Å². The van der Waals surface area contributed by atoms with E-state index in [1.54, 1.807) is 24.3 Å². The molecule has 0 bridgehead atoms. The van der Waals surface area contributed by atoms with Crippen molar-refractivity contribution in [2.45, 2.75) is 6.92 Å². The molecule has 0 atom stereocenters. The summed E-state index contributed by atoms with van der Waals surface area (Å²) in [6.45, 7) is 1.58. The lowest BCUT2D eigenvalue weighted by Gasteiger charge is -2.14. The molecule has 0 aliphatic heterocycles. The van der Waals surface area contributed by atoms with Crippen LogP contribution in [0.1, 0.15) is 15.9 Å². The first-order chi connectivity index (χ1) is 12.7. The molecular weight excluding hydrogens is 618 g/mol. The summed E-state index contributed by atoms with van der Waals surface area (Å²) in [5.41, 5.74) is 1.22. The molecule has 6 nitrogen and oxygen atoms in total. The lowest BCUT2D eigenvalue weighted by atomic mass is 10.2. The number of nitrogens with one attached hydrogen (secondary N) is 2. The van der Waals surface area contributed by atoms with E-state index in [1.807, 2.05) is 52.1 Å². The summed E-state index contributed by atoms with van der Waals surface area (Å²) in [7, 11) is 0. The molecule has 2 aromatic rings. The van der Waals surface area contributed by atoms with Crippen molar-refractivity contribution in [3.63, 3.8) is 0 Å². The summed E-state index contributed by atoms with van der Waals surface area (Å²) < 4.78 is 6.85. The molecule has 0 fully saturated rings. The van der Waals surface area contributed by atoms with Gasteiger partial charge in [-0.3, -0.25) is 10.1 Å². The van der Waals surface area contributed by atoms with E-state index in [1.165, 1.54) is 6.07 Å². The van der Waals surface area contributed by atoms with Gasteiger partial charge in [-0.1, -0.05) is 11.6 Å².